The number of nitrogens with two attached hydrogens (primary N) is 1. The number of allylic oxidation sites excluding steroid dienone is 10. The first kappa shape index (κ1) is 76.7. The van der Waals surface area contributed by atoms with Gasteiger partial charge in [0.2, 0.25) is 0 Å². The number of aliphatic hydroxyl groups is 1. The van der Waals surface area contributed by atoms with E-state index in [-0.39, 0.29) is 12.4 Å². The summed E-state index contributed by atoms with van der Waals surface area (Å²) in [6.45, 7) is 32.7. The van der Waals surface area contributed by atoms with Gasteiger partial charge in [-0.25, -0.2) is 4.79 Å². The van der Waals surface area contributed by atoms with Gasteiger partial charge in [-0.05, 0) is 95.0 Å². The molecule has 0 radical (unpaired) electrons. The lowest BCUT2D eigenvalue weighted by Crippen LogP contribution is -2.07. The van der Waals surface area contributed by atoms with Crippen LogP contribution < -0.4 is 11.1 Å². The van der Waals surface area contributed by atoms with Crippen molar-refractivity contribution in [1.29, 1.82) is 0 Å². The zero-order chi connectivity index (χ0) is 53.1. The van der Waals surface area contributed by atoms with Crippen LogP contribution in [0.1, 0.15) is 213 Å². The average molecular weight is 943 g/mol. The van der Waals surface area contributed by atoms with E-state index < -0.39 is 5.97 Å². The summed E-state index contributed by atoms with van der Waals surface area (Å²) in [5.41, 5.74) is 10.8. The molecule has 9 nitrogen and oxygen atoms in total. The Morgan fingerprint density at radius 3 is 1.66 bits per heavy atom. The van der Waals surface area contributed by atoms with Crippen LogP contribution in [0.5, 0.6) is 0 Å². The van der Waals surface area contributed by atoms with E-state index in [0.29, 0.717) is 18.2 Å². The molecular formula is C58H106N2O7. The Morgan fingerprint density at radius 2 is 1.31 bits per heavy atom. The summed E-state index contributed by atoms with van der Waals surface area (Å²) in [7, 11) is 1.73. The second kappa shape index (κ2) is 65.8. The Morgan fingerprint density at radius 1 is 0.806 bits per heavy atom. The number of carboxylic acids is 1. The second-order valence-corrected chi connectivity index (χ2v) is 14.8. The highest BCUT2D eigenvalue weighted by Crippen LogP contribution is 2.37. The van der Waals surface area contributed by atoms with Crippen LogP contribution in [-0.2, 0) is 23.9 Å². The van der Waals surface area contributed by atoms with Gasteiger partial charge in [0.1, 0.15) is 24.6 Å². The van der Waals surface area contributed by atoms with Gasteiger partial charge in [0, 0.05) is 24.6 Å². The van der Waals surface area contributed by atoms with Crippen LogP contribution in [0, 0.1) is 11.8 Å². The van der Waals surface area contributed by atoms with Crippen molar-refractivity contribution in [2.24, 2.45) is 17.6 Å². The third kappa shape index (κ3) is 65.9. The first-order valence-electron chi connectivity index (χ1n) is 25.7. The third-order valence-electron chi connectivity index (χ3n) is 8.47. The van der Waals surface area contributed by atoms with Gasteiger partial charge in [0.05, 0.1) is 12.3 Å². The normalized spacial score (nSPS) is 13.1. The minimum absolute atomic E-state index is 0.207. The molecule has 4 rings (SSSR count). The van der Waals surface area contributed by atoms with Gasteiger partial charge in [-0.2, -0.15) is 0 Å². The van der Waals surface area contributed by atoms with Crippen molar-refractivity contribution >= 4 is 30.5 Å². The van der Waals surface area contributed by atoms with Crippen molar-refractivity contribution in [2.45, 2.75) is 207 Å². The number of carbonyl (C=O) groups excluding carboxylic acids is 3. The Kier molecular flexibility index (Phi) is 75.3. The number of unbranched alkanes of at least 4 members (excludes halogenated alkanes) is 4. The fourth-order valence-corrected chi connectivity index (χ4v) is 4.56. The van der Waals surface area contributed by atoms with Crippen molar-refractivity contribution in [3.05, 3.63) is 101 Å². The molecule has 0 aromatic heterocycles. The molecule has 3 aliphatic rings. The number of aliphatic hydroxyl groups excluding tert-OH is 1. The first-order chi connectivity index (χ1) is 32.3. The zero-order valence-electron chi connectivity index (χ0n) is 46.3. The molecule has 0 saturated heterocycles. The Balaban J connectivity index is -0.000000134. The summed E-state index contributed by atoms with van der Waals surface area (Å²) in [5, 5.41) is 21.1. The standard InChI is InChI=1S/C19H23NO.C9H12O3.C6H10O.C6H14.C4H10.C3H7NO.C3H8.C2H4O.3C2H6/c1-3-15(16-11-12-16)10-9-14(2)19(21)13-18(20)17-7-5-4-6-8-17;1-7-3-2-4-8(5-7)12-6-9(10)11;7-5-1-2-6-3-4-6;1-3-5-6-4-2;1-3-4-2;1-4-2-3-5;1-3-2;1-2-3;3*1-2/h3-10,13,16,21H,11-12,20H2,1-2H3;3,5H,2,4,6H2,1H3,(H,10,11);5-6H,1-4H2;3-6H2,1-2H3;3-4H2,1-2H3;3-4H,2H2,1H3;3H2,1-2H3;2H,1H3;3*1-2H3/b10-9-,15-3+,18-13-,19-14-;;;;;;;;;;. The molecule has 5 N–H and O–H groups in total. The topological polar surface area (TPSA) is 156 Å². The van der Waals surface area contributed by atoms with E-state index in [2.05, 4.69) is 72.0 Å². The Bertz CT molecular complexity index is 1390. The summed E-state index contributed by atoms with van der Waals surface area (Å²) < 4.78 is 5.04. The van der Waals surface area contributed by atoms with Gasteiger partial charge < -0.3 is 40.4 Å². The van der Waals surface area contributed by atoms with Crippen molar-refractivity contribution in [1.82, 2.24) is 5.32 Å². The maximum atomic E-state index is 10.2. The van der Waals surface area contributed by atoms with Crippen molar-refractivity contribution in [2.75, 3.05) is 20.2 Å². The number of likely N-dealkylation sites (N-methyl/N-ethyl adjacent to an activating group) is 1. The monoisotopic (exact) mass is 943 g/mol. The number of carboxylic acid groups (broad SMARTS) is 1. The van der Waals surface area contributed by atoms with Crippen molar-refractivity contribution in [3.63, 3.8) is 0 Å². The molecule has 3 aliphatic carbocycles. The molecule has 0 bridgehead atoms. The molecule has 2 saturated carbocycles. The quantitative estimate of drug-likeness (QED) is 0.0517. The lowest BCUT2D eigenvalue weighted by atomic mass is 10.1. The van der Waals surface area contributed by atoms with Crippen molar-refractivity contribution in [3.8, 4) is 0 Å². The highest BCUT2D eigenvalue weighted by molar-refractivity contribution is 5.68. The molecule has 0 atom stereocenters. The Hall–Kier alpha value is -4.50. The predicted molar refractivity (Wildman–Crippen MR) is 294 cm³/mol. The maximum Gasteiger partial charge on any atom is 0.341 e. The number of ether oxygens (including phenoxy) is 1. The molecule has 0 aliphatic heterocycles. The number of aliphatic carboxylic acids is 1. The smallest absolute Gasteiger partial charge is 0.341 e. The fourth-order valence-electron chi connectivity index (χ4n) is 4.56. The molecule has 0 heterocycles. The average Bonchev–Trinajstić information content (AvgIpc) is 4.31. The molecule has 67 heavy (non-hydrogen) atoms. The van der Waals surface area contributed by atoms with E-state index in [1.54, 1.807) is 13.1 Å². The lowest BCUT2D eigenvalue weighted by molar-refractivity contribution is -0.141. The van der Waals surface area contributed by atoms with Crippen LogP contribution in [0.15, 0.2) is 95.0 Å². The largest absolute Gasteiger partial charge is 0.508 e. The van der Waals surface area contributed by atoms with Crippen LogP contribution >= 0.6 is 0 Å². The molecular weight excluding hydrogens is 837 g/mol. The van der Waals surface area contributed by atoms with Gasteiger partial charge >= 0.3 is 5.97 Å². The van der Waals surface area contributed by atoms with Crippen LogP contribution in [0.2, 0.25) is 0 Å². The SMILES string of the molecule is CC.CC.CC.CC1=CCCC(OCC(=O)O)=C1.CC=O.CCC.CCCC.CCCCCC.CNCC=O.C\C=C(/C=C\C(C)=C(O)\C=C(/N)c1ccccc1)C1CC1.O=CCCC1CC1. The van der Waals surface area contributed by atoms with Gasteiger partial charge in [0.25, 0.3) is 0 Å². The summed E-state index contributed by atoms with van der Waals surface area (Å²) in [6.07, 6.45) is 32.8. The summed E-state index contributed by atoms with van der Waals surface area (Å²) in [6, 6.07) is 9.65. The van der Waals surface area contributed by atoms with E-state index >= 15 is 0 Å². The van der Waals surface area contributed by atoms with E-state index in [4.69, 9.17) is 20.4 Å². The summed E-state index contributed by atoms with van der Waals surface area (Å²) >= 11 is 0. The molecule has 9 heteroatoms. The number of aldehydes is 3. The van der Waals surface area contributed by atoms with Gasteiger partial charge in [-0.3, -0.25) is 0 Å². The van der Waals surface area contributed by atoms with Crippen LogP contribution in [0.25, 0.3) is 5.70 Å². The molecule has 0 amide bonds. The first-order valence-corrected chi connectivity index (χ1v) is 25.7. The van der Waals surface area contributed by atoms with Gasteiger partial charge in [0.15, 0.2) is 6.61 Å². The fraction of sp³-hybridized carbons (Fsp3) is 0.621. The van der Waals surface area contributed by atoms with Crippen LogP contribution in [0.4, 0.5) is 0 Å². The number of rotatable bonds is 17. The predicted octanol–water partition coefficient (Wildman–Crippen LogP) is 16.3. The van der Waals surface area contributed by atoms with Crippen LogP contribution in [-0.4, -0.2) is 55.2 Å². The second-order valence-electron chi connectivity index (χ2n) is 14.8. The van der Waals surface area contributed by atoms with E-state index in [0.717, 1.165) is 72.9 Å². The van der Waals surface area contributed by atoms with Crippen LogP contribution in [0.3, 0.4) is 0 Å². The van der Waals surface area contributed by atoms with Gasteiger partial charge in [-0.15, -0.1) is 0 Å². The molecule has 1 aromatic carbocycles. The van der Waals surface area contributed by atoms with Crippen molar-refractivity contribution < 1.29 is 34.1 Å². The number of hydrogen-bond donors (Lipinski definition) is 4. The lowest BCUT2D eigenvalue weighted by Gasteiger charge is -2.11. The van der Waals surface area contributed by atoms with E-state index in [9.17, 15) is 19.5 Å². The zero-order valence-corrected chi connectivity index (χ0v) is 46.3. The highest BCUT2D eigenvalue weighted by atomic mass is 16.5. The molecule has 2 fully saturated rings. The number of carbonyl (C=O) groups is 4. The molecule has 390 valence electrons. The van der Waals surface area contributed by atoms with E-state index in [1.807, 2.05) is 97.9 Å². The number of hydrogen-bond acceptors (Lipinski definition) is 8. The van der Waals surface area contributed by atoms with Gasteiger partial charge in [-0.1, -0.05) is 201 Å². The summed E-state index contributed by atoms with van der Waals surface area (Å²) in [4.78, 5) is 38.0. The molecule has 0 spiro atoms. The highest BCUT2D eigenvalue weighted by Gasteiger charge is 2.23. The summed E-state index contributed by atoms with van der Waals surface area (Å²) in [5.74, 6) is 1.69. The Labute approximate surface area is 414 Å². The van der Waals surface area contributed by atoms with E-state index in [1.165, 1.54) is 83.1 Å². The molecule has 0 unspecified atom stereocenters. The molecule has 1 aromatic rings. The number of nitrogens with one attached hydrogen (secondary N) is 1. The number of benzene rings is 1. The minimum atomic E-state index is -0.928. The third-order valence-corrected chi connectivity index (χ3v) is 8.47. The maximum absolute atomic E-state index is 10.2. The minimum Gasteiger partial charge on any atom is -0.508 e.